The molecule has 162 valence electrons. The van der Waals surface area contributed by atoms with Crippen molar-refractivity contribution in [2.24, 2.45) is 11.3 Å². The van der Waals surface area contributed by atoms with Gasteiger partial charge < -0.3 is 4.42 Å². The van der Waals surface area contributed by atoms with Crippen LogP contribution in [0.4, 0.5) is 4.39 Å². The standard InChI is InChI=1S/C26H32ClFO2/c1-9-16(4)24(29)23-12-17(5)25(30-23)20(26(6,7)8)14-19(15(2)3)18-10-11-21(27)22(28)13-18/h10-14,16H,9H2,1-8H3/b20-14+. The average Bonchev–Trinajstić information content (AvgIpc) is 3.03. The monoisotopic (exact) mass is 430 g/mol. The molecule has 30 heavy (non-hydrogen) atoms. The zero-order valence-electron chi connectivity index (χ0n) is 19.2. The summed E-state index contributed by atoms with van der Waals surface area (Å²) in [6.07, 6.45) is 2.81. The molecule has 0 N–H and O–H groups in total. The second-order valence-electron chi connectivity index (χ2n) is 9.15. The third kappa shape index (κ3) is 5.31. The SMILES string of the molecule is CCC(C)C(=O)c1cc(C)c(/C(=C\C(=C(C)C)c2ccc(Cl)c(F)c2)C(C)(C)C)o1. The summed E-state index contributed by atoms with van der Waals surface area (Å²) in [5, 5.41) is 0.0990. The maximum atomic E-state index is 14.1. The van der Waals surface area contributed by atoms with Gasteiger partial charge in [-0.15, -0.1) is 0 Å². The lowest BCUT2D eigenvalue weighted by Crippen LogP contribution is -2.10. The molecule has 2 nitrogen and oxygen atoms in total. The van der Waals surface area contributed by atoms with Crippen LogP contribution in [0.15, 0.2) is 40.3 Å². The summed E-state index contributed by atoms with van der Waals surface area (Å²) in [6, 6.07) is 6.67. The Bertz CT molecular complexity index is 999. The summed E-state index contributed by atoms with van der Waals surface area (Å²) in [5.74, 6) is 0.568. The molecule has 0 aliphatic rings. The predicted molar refractivity (Wildman–Crippen MR) is 124 cm³/mol. The van der Waals surface area contributed by atoms with E-state index >= 15 is 0 Å². The van der Waals surface area contributed by atoms with Crippen LogP contribution in [-0.4, -0.2) is 5.78 Å². The largest absolute Gasteiger partial charge is 0.453 e. The van der Waals surface area contributed by atoms with Gasteiger partial charge in [0.25, 0.3) is 0 Å². The molecule has 1 atom stereocenters. The molecule has 1 aromatic heterocycles. The number of furan rings is 1. The quantitative estimate of drug-likeness (QED) is 0.339. The number of ketones is 1. The molecule has 2 rings (SSSR count). The van der Waals surface area contributed by atoms with Crippen LogP contribution in [0.1, 0.15) is 82.3 Å². The fraction of sp³-hybridized carbons (Fsp3) is 0.423. The number of aryl methyl sites for hydroxylation is 1. The third-order valence-corrected chi connectivity index (χ3v) is 5.64. The molecule has 4 heteroatoms. The minimum absolute atomic E-state index is 0.0160. The minimum atomic E-state index is -0.450. The molecule has 1 aromatic carbocycles. The number of allylic oxidation sites excluding steroid dienone is 4. The Morgan fingerprint density at radius 3 is 2.37 bits per heavy atom. The molecular weight excluding hydrogens is 399 g/mol. The summed E-state index contributed by atoms with van der Waals surface area (Å²) in [6.45, 7) is 16.1. The number of carbonyl (C=O) groups excluding carboxylic acids is 1. The van der Waals surface area contributed by atoms with Crippen LogP contribution in [0.5, 0.6) is 0 Å². The maximum Gasteiger partial charge on any atom is 0.200 e. The summed E-state index contributed by atoms with van der Waals surface area (Å²) in [4.78, 5) is 12.7. The molecule has 0 saturated heterocycles. The first-order valence-electron chi connectivity index (χ1n) is 10.4. The van der Waals surface area contributed by atoms with Crippen LogP contribution in [0.2, 0.25) is 5.02 Å². The molecule has 0 radical (unpaired) electrons. The van der Waals surface area contributed by atoms with Crippen molar-refractivity contribution >= 4 is 28.5 Å². The van der Waals surface area contributed by atoms with Gasteiger partial charge in [0.1, 0.15) is 11.6 Å². The molecule has 0 amide bonds. The smallest absolute Gasteiger partial charge is 0.200 e. The Hall–Kier alpha value is -2.13. The van der Waals surface area contributed by atoms with E-state index in [9.17, 15) is 9.18 Å². The van der Waals surface area contributed by atoms with E-state index in [1.165, 1.54) is 6.07 Å². The van der Waals surface area contributed by atoms with Crippen LogP contribution in [0.3, 0.4) is 0 Å². The maximum absolute atomic E-state index is 14.1. The van der Waals surface area contributed by atoms with E-state index in [0.717, 1.165) is 34.3 Å². The van der Waals surface area contributed by atoms with Gasteiger partial charge in [0.15, 0.2) is 5.76 Å². The van der Waals surface area contributed by atoms with Crippen molar-refractivity contribution in [1.29, 1.82) is 0 Å². The van der Waals surface area contributed by atoms with Crippen LogP contribution >= 0.6 is 11.6 Å². The summed E-state index contributed by atoms with van der Waals surface area (Å²) >= 11 is 5.88. The molecular formula is C26H32ClFO2. The van der Waals surface area contributed by atoms with Gasteiger partial charge in [-0.05, 0) is 73.6 Å². The zero-order chi connectivity index (χ0) is 22.8. The number of rotatable bonds is 6. The van der Waals surface area contributed by atoms with Crippen molar-refractivity contribution in [1.82, 2.24) is 0 Å². The van der Waals surface area contributed by atoms with E-state index < -0.39 is 5.82 Å². The zero-order valence-corrected chi connectivity index (χ0v) is 20.0. The fourth-order valence-corrected chi connectivity index (χ4v) is 3.36. The summed E-state index contributed by atoms with van der Waals surface area (Å²) in [7, 11) is 0. The van der Waals surface area contributed by atoms with Crippen molar-refractivity contribution in [2.45, 2.75) is 61.8 Å². The number of carbonyl (C=O) groups is 1. The Balaban J connectivity index is 2.67. The second-order valence-corrected chi connectivity index (χ2v) is 9.55. The molecule has 0 aliphatic heterocycles. The van der Waals surface area contributed by atoms with Gasteiger partial charge in [0.2, 0.25) is 5.78 Å². The molecule has 1 unspecified atom stereocenters. The number of benzene rings is 1. The van der Waals surface area contributed by atoms with E-state index in [2.05, 4.69) is 20.8 Å². The predicted octanol–water partition coefficient (Wildman–Crippen LogP) is 8.53. The lowest BCUT2D eigenvalue weighted by Gasteiger charge is -2.23. The Morgan fingerprint density at radius 2 is 1.87 bits per heavy atom. The minimum Gasteiger partial charge on any atom is -0.453 e. The first-order valence-corrected chi connectivity index (χ1v) is 10.7. The van der Waals surface area contributed by atoms with Crippen LogP contribution < -0.4 is 0 Å². The van der Waals surface area contributed by atoms with E-state index in [0.29, 0.717) is 11.5 Å². The molecule has 1 heterocycles. The number of hydrogen-bond acceptors (Lipinski definition) is 2. The Kier molecular flexibility index (Phi) is 7.52. The van der Waals surface area contributed by atoms with Gasteiger partial charge in [-0.1, -0.05) is 57.9 Å². The highest BCUT2D eigenvalue weighted by Gasteiger charge is 2.27. The first kappa shape index (κ1) is 24.1. The molecule has 2 aromatic rings. The van der Waals surface area contributed by atoms with Crippen LogP contribution in [-0.2, 0) is 0 Å². The molecule has 0 fully saturated rings. The van der Waals surface area contributed by atoms with Crippen molar-refractivity contribution < 1.29 is 13.6 Å². The first-order chi connectivity index (χ1) is 13.9. The summed E-state index contributed by atoms with van der Waals surface area (Å²) < 4.78 is 20.2. The Morgan fingerprint density at radius 1 is 1.23 bits per heavy atom. The van der Waals surface area contributed by atoms with E-state index in [1.54, 1.807) is 6.07 Å². The highest BCUT2D eigenvalue weighted by molar-refractivity contribution is 6.30. The number of hydrogen-bond donors (Lipinski definition) is 0. The van der Waals surface area contributed by atoms with E-state index in [4.69, 9.17) is 16.0 Å². The number of halogens is 2. The topological polar surface area (TPSA) is 30.2 Å². The van der Waals surface area contributed by atoms with Gasteiger partial charge in [-0.3, -0.25) is 4.79 Å². The molecule has 0 spiro atoms. The van der Waals surface area contributed by atoms with Gasteiger partial charge >= 0.3 is 0 Å². The van der Waals surface area contributed by atoms with Gasteiger partial charge in [-0.2, -0.15) is 0 Å². The Labute approximate surface area is 184 Å². The van der Waals surface area contributed by atoms with Crippen molar-refractivity contribution in [3.05, 3.63) is 69.4 Å². The van der Waals surface area contributed by atoms with Gasteiger partial charge in [0.05, 0.1) is 5.02 Å². The highest BCUT2D eigenvalue weighted by atomic mass is 35.5. The molecule has 0 aliphatic carbocycles. The van der Waals surface area contributed by atoms with Crippen LogP contribution in [0.25, 0.3) is 11.1 Å². The molecule has 0 saturated carbocycles. The van der Waals surface area contributed by atoms with Crippen molar-refractivity contribution in [3.8, 4) is 0 Å². The van der Waals surface area contributed by atoms with Crippen molar-refractivity contribution in [3.63, 3.8) is 0 Å². The van der Waals surface area contributed by atoms with Gasteiger partial charge in [0, 0.05) is 11.5 Å². The average molecular weight is 431 g/mol. The van der Waals surface area contributed by atoms with Gasteiger partial charge in [-0.25, -0.2) is 4.39 Å². The molecule has 0 bridgehead atoms. The second kappa shape index (κ2) is 9.34. The fourth-order valence-electron chi connectivity index (χ4n) is 3.25. The van der Waals surface area contributed by atoms with Crippen molar-refractivity contribution in [2.75, 3.05) is 0 Å². The van der Waals surface area contributed by atoms with Crippen LogP contribution in [0, 0.1) is 24.1 Å². The highest BCUT2D eigenvalue weighted by Crippen LogP contribution is 2.40. The third-order valence-electron chi connectivity index (χ3n) is 5.33. The normalized spacial score (nSPS) is 13.3. The lowest BCUT2D eigenvalue weighted by molar-refractivity contribution is 0.0898. The lowest BCUT2D eigenvalue weighted by atomic mass is 9.81. The number of Topliss-reactive ketones (excluding diaryl/α,β-unsaturated/α-hetero) is 1. The van der Waals surface area contributed by atoms with E-state index in [1.807, 2.05) is 52.8 Å². The summed E-state index contributed by atoms with van der Waals surface area (Å²) in [5.41, 5.74) is 4.30. The van der Waals surface area contributed by atoms with E-state index in [-0.39, 0.29) is 22.1 Å².